The van der Waals surface area contributed by atoms with Crippen LogP contribution in [0.4, 0.5) is 29.0 Å². The Hall–Kier alpha value is -9.61. The van der Waals surface area contributed by atoms with Crippen LogP contribution in [-0.4, -0.2) is 143 Å². The number of aromatic hydroxyl groups is 2. The van der Waals surface area contributed by atoms with Gasteiger partial charge in [0.15, 0.2) is 0 Å². The number of nitrogens with zero attached hydrogens (tertiary/aromatic N) is 14. The largest absolute Gasteiger partial charge is 0.508 e. The van der Waals surface area contributed by atoms with Crippen molar-refractivity contribution in [3.63, 3.8) is 0 Å². The number of aromatic nitrogens is 12. The number of nitrogens with one attached hydrogen (secondary N) is 2. The summed E-state index contributed by atoms with van der Waals surface area (Å²) in [6.07, 6.45) is 23.4. The number of nitrogen functional groups attached to an aromatic ring is 1. The number of hydrogen-bond donors (Lipinski definition) is 5. The smallest absolute Gasteiger partial charge is 0.264 e. The highest BCUT2D eigenvalue weighted by molar-refractivity contribution is 7.86. The first-order chi connectivity index (χ1) is 45.9. The SMILES string of the molecule is Cc1cnc(Cl)nc1-c1ccc(O)cc1.Cc1cnc(Nc2cnn(C3CCOCC3)c2)nc1-c1ccc(O)cc1.Cc1cnc(Nc2cnn(C3CCOCC3)c2)nc1-c1ccc(OCC(C)(C)C#N)cc1.Nc1cnn(C2CCOCC2)c1.[C-]#[N+]C(C)(C)COS(C)(=O)=O. The lowest BCUT2D eigenvalue weighted by Gasteiger charge is -2.22. The fourth-order valence-electron chi connectivity index (χ4n) is 9.69. The number of ether oxygens (including phenoxy) is 4. The van der Waals surface area contributed by atoms with E-state index in [4.69, 9.17) is 58.2 Å². The number of phenols is 2. The van der Waals surface area contributed by atoms with Gasteiger partial charge in [-0.05, 0) is 174 Å². The zero-order valence-electron chi connectivity index (χ0n) is 55.1. The third kappa shape index (κ3) is 22.5. The van der Waals surface area contributed by atoms with E-state index in [1.54, 1.807) is 81.2 Å². The van der Waals surface area contributed by atoms with Gasteiger partial charge in [0.25, 0.3) is 15.7 Å². The summed E-state index contributed by atoms with van der Waals surface area (Å²) in [7, 11) is -3.41. The molecule has 0 atom stereocenters. The fraction of sp³-hybridized carbons (Fsp3) is 0.397. The van der Waals surface area contributed by atoms with Crippen LogP contribution in [0.2, 0.25) is 5.28 Å². The van der Waals surface area contributed by atoms with Gasteiger partial charge in [0.2, 0.25) is 17.2 Å². The molecule has 9 aromatic rings. The maximum Gasteiger partial charge on any atom is 0.264 e. The highest BCUT2D eigenvalue weighted by Crippen LogP contribution is 2.31. The molecule has 12 rings (SSSR count). The minimum absolute atomic E-state index is 0.0880. The van der Waals surface area contributed by atoms with Gasteiger partial charge in [-0.1, -0.05) is 0 Å². The van der Waals surface area contributed by atoms with Crippen molar-refractivity contribution in [1.82, 2.24) is 59.2 Å². The zero-order valence-corrected chi connectivity index (χ0v) is 56.7. The van der Waals surface area contributed by atoms with Crippen LogP contribution in [-0.2, 0) is 28.5 Å². The van der Waals surface area contributed by atoms with Crippen LogP contribution in [0, 0.1) is 44.1 Å². The van der Waals surface area contributed by atoms with Crippen LogP contribution in [0.15, 0.2) is 129 Å². The Morgan fingerprint density at radius 2 is 1.00 bits per heavy atom. The summed E-state index contributed by atoms with van der Waals surface area (Å²) >= 11 is 5.73. The second-order valence-electron chi connectivity index (χ2n) is 24.4. The highest BCUT2D eigenvalue weighted by atomic mass is 35.5. The molecule has 3 saturated heterocycles. The number of anilines is 5. The molecule has 3 fully saturated rings. The molecule has 28 heteroatoms. The summed E-state index contributed by atoms with van der Waals surface area (Å²) in [5, 5.41) is 47.6. The number of phenolic OH excluding ortho intramolecular Hbond substituents is 2. The van der Waals surface area contributed by atoms with Gasteiger partial charge in [-0.2, -0.15) is 29.0 Å². The van der Waals surface area contributed by atoms with Crippen LogP contribution >= 0.6 is 11.6 Å². The minimum atomic E-state index is -3.41. The zero-order chi connectivity index (χ0) is 68.8. The molecule has 0 aliphatic carbocycles. The quantitative estimate of drug-likeness (QED) is 0.0341. The molecule has 9 heterocycles. The van der Waals surface area contributed by atoms with Crippen molar-refractivity contribution in [3.05, 3.63) is 162 Å². The van der Waals surface area contributed by atoms with E-state index in [0.29, 0.717) is 36.6 Å². The molecule has 0 bridgehead atoms. The summed E-state index contributed by atoms with van der Waals surface area (Å²) in [5.41, 5.74) is 14.9. The predicted molar refractivity (Wildman–Crippen MR) is 366 cm³/mol. The Balaban J connectivity index is 0.000000164. The molecule has 0 unspecified atom stereocenters. The normalized spacial score (nSPS) is 14.5. The summed E-state index contributed by atoms with van der Waals surface area (Å²) in [6.45, 7) is 24.5. The monoisotopic (exact) mass is 1350 g/mol. The van der Waals surface area contributed by atoms with Crippen LogP contribution in [0.3, 0.4) is 0 Å². The van der Waals surface area contributed by atoms with E-state index < -0.39 is 21.1 Å². The molecule has 0 saturated carbocycles. The van der Waals surface area contributed by atoms with Gasteiger partial charge in [-0.15, -0.1) is 0 Å². The molecule has 506 valence electrons. The molecular formula is C68H82ClN17O9S. The van der Waals surface area contributed by atoms with Gasteiger partial charge in [0, 0.05) is 107 Å². The standard InChI is InChI=1S/C24H28N6O2.C19H21N5O2.C11H9ClN2O.C8H13N3O.C6H11NO3S/c1-17-12-26-23(28-19-13-27-30(14-19)20-8-10-31-11-9-20)29-22(17)18-4-6-21(7-5-18)32-16-24(2,3)15-25;1-13-10-20-19(23-18(13)14-2-4-17(25)5-3-14)22-15-11-21-24(12-15)16-6-8-26-9-7-16;1-7-6-13-11(12)14-10(7)8-2-4-9(15)5-3-8;9-7-5-10-11(6-7)8-1-3-12-4-2-8;1-6(2,7-3)5-10-11(4,8)9/h4-7,12-14,20H,8-11,16H2,1-3H3,(H,26,28,29);2-5,10-12,16,25H,6-9H2,1H3,(H,20,22,23);2-6,15H,1H3;5-6,8H,1-4,9H2;5H2,1-2,4H3. The molecule has 26 nitrogen and oxygen atoms in total. The third-order valence-corrected chi connectivity index (χ3v) is 15.9. The summed E-state index contributed by atoms with van der Waals surface area (Å²) in [5.74, 6) is 2.23. The van der Waals surface area contributed by atoms with Gasteiger partial charge in [0.1, 0.15) is 30.5 Å². The van der Waals surface area contributed by atoms with E-state index in [1.165, 1.54) is 0 Å². The minimum Gasteiger partial charge on any atom is -0.508 e. The average Bonchev–Trinajstić information content (AvgIpc) is 1.35. The summed E-state index contributed by atoms with van der Waals surface area (Å²) in [6, 6.07) is 25.0. The van der Waals surface area contributed by atoms with Crippen molar-refractivity contribution in [2.75, 3.05) is 75.5 Å². The van der Waals surface area contributed by atoms with Crippen molar-refractivity contribution in [3.8, 4) is 57.1 Å². The van der Waals surface area contributed by atoms with Crippen molar-refractivity contribution >= 4 is 50.7 Å². The van der Waals surface area contributed by atoms with Crippen molar-refractivity contribution in [1.29, 1.82) is 5.26 Å². The van der Waals surface area contributed by atoms with Gasteiger partial charge >= 0.3 is 0 Å². The first-order valence-electron chi connectivity index (χ1n) is 31.2. The number of nitrogens with two attached hydrogens (primary N) is 1. The van der Waals surface area contributed by atoms with E-state index in [9.17, 15) is 13.5 Å². The molecule has 3 aliphatic heterocycles. The lowest BCUT2D eigenvalue weighted by atomic mass is 9.98. The Morgan fingerprint density at radius 3 is 1.39 bits per heavy atom. The second kappa shape index (κ2) is 34.2. The molecule has 6 aromatic heterocycles. The number of benzene rings is 3. The van der Waals surface area contributed by atoms with Crippen molar-refractivity contribution in [2.24, 2.45) is 5.41 Å². The maximum atomic E-state index is 10.5. The van der Waals surface area contributed by atoms with Gasteiger partial charge in [0.05, 0.1) is 88.6 Å². The van der Waals surface area contributed by atoms with Crippen LogP contribution in [0.5, 0.6) is 17.2 Å². The summed E-state index contributed by atoms with van der Waals surface area (Å²) in [4.78, 5) is 29.4. The van der Waals surface area contributed by atoms with Gasteiger partial charge in [-0.25, -0.2) is 36.5 Å². The van der Waals surface area contributed by atoms with E-state index in [-0.39, 0.29) is 23.4 Å². The van der Waals surface area contributed by atoms with Gasteiger partial charge in [-0.3, -0.25) is 18.2 Å². The van der Waals surface area contributed by atoms with E-state index in [1.807, 2.05) is 110 Å². The molecule has 6 N–H and O–H groups in total. The fourth-order valence-corrected chi connectivity index (χ4v) is 10.3. The van der Waals surface area contributed by atoms with E-state index in [2.05, 4.69) is 65.9 Å². The first-order valence-corrected chi connectivity index (χ1v) is 33.4. The molecule has 96 heavy (non-hydrogen) atoms. The van der Waals surface area contributed by atoms with Crippen LogP contribution in [0.25, 0.3) is 38.6 Å². The molecule has 0 spiro atoms. The first kappa shape index (κ1) is 72.2. The van der Waals surface area contributed by atoms with Crippen molar-refractivity contribution in [2.45, 2.75) is 111 Å². The number of hydrogen-bond acceptors (Lipinski definition) is 22. The number of aryl methyl sites for hydroxylation is 3. The molecule has 3 aromatic carbocycles. The Kier molecular flexibility index (Phi) is 25.7. The Labute approximate surface area is 564 Å². The molecular weight excluding hydrogens is 1270 g/mol. The summed E-state index contributed by atoms with van der Waals surface area (Å²) < 4.78 is 53.1. The highest BCUT2D eigenvalue weighted by Gasteiger charge is 2.26. The molecule has 3 aliphatic rings. The number of rotatable bonds is 16. The third-order valence-electron chi connectivity index (χ3n) is 15.2. The Morgan fingerprint density at radius 1 is 0.615 bits per heavy atom. The van der Waals surface area contributed by atoms with E-state index >= 15 is 0 Å². The second-order valence-corrected chi connectivity index (χ2v) is 26.3. The average molecular weight is 1350 g/mol. The lowest BCUT2D eigenvalue weighted by molar-refractivity contribution is 0.0661. The topological polar surface area (TPSA) is 330 Å². The lowest BCUT2D eigenvalue weighted by Crippen LogP contribution is -2.24. The Bertz CT molecular complexity index is 4140. The van der Waals surface area contributed by atoms with Crippen LogP contribution in [0.1, 0.15) is 101 Å². The molecule has 0 radical (unpaired) electrons. The van der Waals surface area contributed by atoms with E-state index in [0.717, 1.165) is 158 Å². The van der Waals surface area contributed by atoms with Gasteiger partial charge < -0.3 is 50.4 Å². The van der Waals surface area contributed by atoms with Crippen molar-refractivity contribution < 1.29 is 41.8 Å². The number of nitriles is 1. The predicted octanol–water partition coefficient (Wildman–Crippen LogP) is 12.4. The molecule has 0 amide bonds. The number of halogens is 1. The maximum absolute atomic E-state index is 10.5. The van der Waals surface area contributed by atoms with Crippen LogP contribution < -0.4 is 21.1 Å².